The average Bonchev–Trinajstić information content (AvgIpc) is 1.18. The van der Waals surface area contributed by atoms with Gasteiger partial charge in [0.15, 0.2) is 18.9 Å². The van der Waals surface area contributed by atoms with E-state index >= 15 is 0 Å². The summed E-state index contributed by atoms with van der Waals surface area (Å²) in [6.45, 7) is 1.90. The van der Waals surface area contributed by atoms with Crippen molar-refractivity contribution < 1.29 is 132 Å². The number of rotatable bonds is 62. The molecule has 0 spiro atoms. The highest BCUT2D eigenvalue weighted by Crippen LogP contribution is 2.26. The van der Waals surface area contributed by atoms with Crippen LogP contribution in [0.3, 0.4) is 0 Å². The molecule has 0 bridgehead atoms. The normalized spacial score (nSPS) is 26.4. The van der Waals surface area contributed by atoms with Crippen molar-refractivity contribution in [2.45, 2.75) is 296 Å². The molecule has 650 valence electrons. The Bertz CT molecular complexity index is 2420. The number of carbonyl (C=O) groups is 8. The van der Waals surface area contributed by atoms with Gasteiger partial charge in [-0.1, -0.05) is 51.9 Å². The van der Waals surface area contributed by atoms with Gasteiger partial charge >= 0.3 is 0 Å². The van der Waals surface area contributed by atoms with Gasteiger partial charge in [0.2, 0.25) is 47.3 Å². The van der Waals surface area contributed by atoms with Crippen molar-refractivity contribution in [2.75, 3.05) is 125 Å². The first-order valence-electron chi connectivity index (χ1n) is 40.5. The summed E-state index contributed by atoms with van der Waals surface area (Å²) in [6.07, 6.45) is -0.792. The lowest BCUT2D eigenvalue weighted by Gasteiger charge is -2.40. The molecule has 8 amide bonds. The molecule has 15 unspecified atom stereocenters. The minimum absolute atomic E-state index is 0.0851. The number of aliphatic hydroxyl groups is 10. The minimum Gasteiger partial charge on any atom is -0.394 e. The Labute approximate surface area is 657 Å². The van der Waals surface area contributed by atoms with E-state index in [0.717, 1.165) is 57.8 Å². The molecule has 0 aliphatic carbocycles. The molecule has 4 fully saturated rings. The Balaban J connectivity index is 1.27. The van der Waals surface area contributed by atoms with Gasteiger partial charge < -0.3 is 153 Å². The highest BCUT2D eigenvalue weighted by atomic mass is 16.7. The van der Waals surface area contributed by atoms with Gasteiger partial charge in [0, 0.05) is 123 Å². The minimum atomic E-state index is -1.39. The zero-order chi connectivity index (χ0) is 82.1. The molecule has 23 N–H and O–H groups in total. The van der Waals surface area contributed by atoms with Gasteiger partial charge in [0.25, 0.3) is 0 Å². The van der Waals surface area contributed by atoms with E-state index in [2.05, 4.69) is 44.1 Å². The van der Waals surface area contributed by atoms with Gasteiger partial charge in [-0.2, -0.15) is 0 Å². The van der Waals surface area contributed by atoms with E-state index in [9.17, 15) is 89.4 Å². The van der Waals surface area contributed by atoms with Crippen LogP contribution in [0, 0.1) is 0 Å². The molecule has 4 aliphatic heterocycles. The van der Waals surface area contributed by atoms with E-state index in [0.29, 0.717) is 83.6 Å². The summed E-state index contributed by atoms with van der Waals surface area (Å²) >= 11 is 0. The molecule has 4 heterocycles. The number of nitrogens with zero attached hydrogens (tertiary/aromatic N) is 1. The third-order valence-corrected chi connectivity index (χ3v) is 19.9. The van der Waals surface area contributed by atoms with Gasteiger partial charge in [0.05, 0.1) is 83.7 Å². The summed E-state index contributed by atoms with van der Waals surface area (Å²) in [5.41, 5.74) is 16.4. The second-order valence-corrected chi connectivity index (χ2v) is 29.4. The maximum Gasteiger partial charge on any atom is 0.222 e. The van der Waals surface area contributed by atoms with Crippen LogP contribution < -0.4 is 54.4 Å². The summed E-state index contributed by atoms with van der Waals surface area (Å²) in [5.74, 6) is -1.93. The number of nitrogens with one attached hydrogen (secondary N) is 7. The summed E-state index contributed by atoms with van der Waals surface area (Å²) in [4.78, 5) is 106. The SMILES string of the molecule is CCC[C@@H]1C[C@H](O)CN1C(=O)CCCCCCCCCCC(=O)NC(COCCC(=O)NCCCNC(=O)CCCCOC1OC(CO)C(O)C(O)C1N)(COCCC(=O)NCCCNC(=O)CCCCOC1OC(CO)C(O)C(O)C1N)COCCC(=O)NCCCNC(=O)CCCCOC1OC(CO)C(O)C(O)C1N. The first-order valence-corrected chi connectivity index (χ1v) is 40.5. The molecule has 17 atom stereocenters. The number of carbonyl (C=O) groups excluding carboxylic acids is 8. The van der Waals surface area contributed by atoms with Crippen molar-refractivity contribution in [1.29, 1.82) is 0 Å². The Kier molecular flexibility index (Phi) is 51.3. The maximum atomic E-state index is 14.0. The summed E-state index contributed by atoms with van der Waals surface area (Å²) in [7, 11) is 0. The molecule has 0 aromatic heterocycles. The standard InChI is InChI=1S/C74H137N11O27/c1-2-20-49-41-50(89)42-85(49)61(97)25-10-8-6-4-3-5-7-9-24-60(96)84-74(46-104-38-26-57(93)81-32-17-29-78-54(90)21-11-14-35-107-71-62(75)68(101)65(98)51(43-86)110-71,47-105-39-27-58(94)82-33-18-30-79-55(91)22-12-15-36-108-72-63(76)69(102)66(99)52(44-87)111-72)48-106-40-28-59(95)83-34-19-31-80-56(92)23-13-16-37-109-73-64(77)70(103)67(100)53(45-88)112-73/h49-53,62-73,86-89,98-103H,2-48,75-77H2,1H3,(H,78,90)(H,79,91)(H,80,92)(H,81,93)(H,82,94)(H,83,95)(H,84,96)/t49-,50+,51?,52?,53?,62?,63?,64?,65?,66?,67?,68?,69?,70?,71?,72?,73?,74?/m1/s1. The Morgan fingerprint density at radius 1 is 0.384 bits per heavy atom. The second kappa shape index (κ2) is 57.9. The number of nitrogens with two attached hydrogens (primary N) is 3. The number of ether oxygens (including phenoxy) is 9. The van der Waals surface area contributed by atoms with E-state index < -0.39 is 123 Å². The van der Waals surface area contributed by atoms with Crippen molar-refractivity contribution in [3.05, 3.63) is 0 Å². The smallest absolute Gasteiger partial charge is 0.222 e. The second-order valence-electron chi connectivity index (χ2n) is 29.4. The number of hydrogen-bond donors (Lipinski definition) is 20. The van der Waals surface area contributed by atoms with Crippen LogP contribution in [0.4, 0.5) is 0 Å². The van der Waals surface area contributed by atoms with Crippen LogP contribution in [0.15, 0.2) is 0 Å². The van der Waals surface area contributed by atoms with Crippen molar-refractivity contribution in [3.8, 4) is 0 Å². The largest absolute Gasteiger partial charge is 0.394 e. The predicted octanol–water partition coefficient (Wildman–Crippen LogP) is -4.55. The van der Waals surface area contributed by atoms with Crippen molar-refractivity contribution >= 4 is 47.3 Å². The van der Waals surface area contributed by atoms with Crippen LogP contribution in [0.1, 0.15) is 187 Å². The van der Waals surface area contributed by atoms with Crippen LogP contribution in [0.2, 0.25) is 0 Å². The zero-order valence-corrected chi connectivity index (χ0v) is 65.6. The Morgan fingerprint density at radius 3 is 1.00 bits per heavy atom. The van der Waals surface area contributed by atoms with Gasteiger partial charge in [-0.3, -0.25) is 38.4 Å². The fourth-order valence-electron chi connectivity index (χ4n) is 13.1. The fraction of sp³-hybridized carbons (Fsp3) is 0.892. The molecule has 0 aromatic carbocycles. The maximum absolute atomic E-state index is 14.0. The van der Waals surface area contributed by atoms with Gasteiger partial charge in [-0.15, -0.1) is 0 Å². The predicted molar refractivity (Wildman–Crippen MR) is 403 cm³/mol. The first kappa shape index (κ1) is 99.2. The third-order valence-electron chi connectivity index (χ3n) is 19.9. The lowest BCUT2D eigenvalue weighted by Crippen LogP contribution is -2.62. The van der Waals surface area contributed by atoms with Crippen LogP contribution in [0.5, 0.6) is 0 Å². The summed E-state index contributed by atoms with van der Waals surface area (Å²) < 4.78 is 51.6. The molecular weight excluding hydrogens is 1470 g/mol. The summed E-state index contributed by atoms with van der Waals surface area (Å²) in [6, 6.07) is -3.00. The topological polar surface area (TPSA) is 587 Å². The van der Waals surface area contributed by atoms with Crippen LogP contribution in [0.25, 0.3) is 0 Å². The molecule has 4 rings (SSSR count). The number of likely N-dealkylation sites (tertiary alicyclic amines) is 1. The highest BCUT2D eigenvalue weighted by Gasteiger charge is 2.46. The molecule has 0 radical (unpaired) electrons. The van der Waals surface area contributed by atoms with E-state index in [1.807, 2.05) is 4.90 Å². The Hall–Kier alpha value is -5.12. The molecular formula is C74H137N11O27. The van der Waals surface area contributed by atoms with Crippen LogP contribution in [-0.2, 0) is 81.0 Å². The lowest BCUT2D eigenvalue weighted by atomic mass is 9.98. The van der Waals surface area contributed by atoms with E-state index in [4.69, 9.17) is 59.8 Å². The number of β-amino-alcohol motifs (C(OH)–C–C–N with tert-alkyl or cyclic N) is 1. The van der Waals surface area contributed by atoms with Crippen molar-refractivity contribution in [1.82, 2.24) is 42.1 Å². The van der Waals surface area contributed by atoms with E-state index in [1.54, 1.807) is 0 Å². The molecule has 0 saturated carbocycles. The van der Waals surface area contributed by atoms with Gasteiger partial charge in [-0.25, -0.2) is 0 Å². The number of aliphatic hydroxyl groups excluding tert-OH is 10. The number of hydrogen-bond acceptors (Lipinski definition) is 30. The third kappa shape index (κ3) is 39.2. The number of amides is 8. The van der Waals surface area contributed by atoms with Crippen molar-refractivity contribution in [3.63, 3.8) is 0 Å². The zero-order valence-electron chi connectivity index (χ0n) is 65.6. The molecule has 112 heavy (non-hydrogen) atoms. The van der Waals surface area contributed by atoms with Gasteiger partial charge in [0.1, 0.15) is 60.5 Å². The van der Waals surface area contributed by atoms with Crippen molar-refractivity contribution in [2.24, 2.45) is 17.2 Å². The Morgan fingerprint density at radius 2 is 0.679 bits per heavy atom. The average molecular weight is 1610 g/mol. The monoisotopic (exact) mass is 1610 g/mol. The molecule has 0 aromatic rings. The fourth-order valence-corrected chi connectivity index (χ4v) is 13.1. The first-order chi connectivity index (χ1) is 53.9. The number of unbranched alkanes of at least 4 members (excludes halogenated alkanes) is 10. The lowest BCUT2D eigenvalue weighted by molar-refractivity contribution is -0.265. The van der Waals surface area contributed by atoms with E-state index in [1.165, 1.54) is 0 Å². The van der Waals surface area contributed by atoms with E-state index in [-0.39, 0.29) is 197 Å². The molecule has 38 nitrogen and oxygen atoms in total. The summed E-state index contributed by atoms with van der Waals surface area (Å²) in [5, 5.41) is 119. The quantitative estimate of drug-likeness (QED) is 0.0255. The van der Waals surface area contributed by atoms with Crippen LogP contribution >= 0.6 is 0 Å². The van der Waals surface area contributed by atoms with Crippen LogP contribution in [-0.4, -0.2) is 338 Å². The highest BCUT2D eigenvalue weighted by molar-refractivity contribution is 5.79. The van der Waals surface area contributed by atoms with Gasteiger partial charge in [-0.05, 0) is 83.5 Å². The molecule has 38 heteroatoms. The molecule has 4 aliphatic rings. The molecule has 4 saturated heterocycles.